The standard InChI is InChI=1S/C14H16ClN3OS/c1-2-3-11-13(16)17-12(18-14(11)19)8-20-10-6-4-9(15)5-7-10/h4-7H,2-3,8H2,1H3,(H3,16,17,18,19). The Morgan fingerprint density at radius 2 is 2.05 bits per heavy atom. The van der Waals surface area contributed by atoms with E-state index in [1.165, 1.54) is 0 Å². The van der Waals surface area contributed by atoms with Crippen molar-refractivity contribution in [2.75, 3.05) is 5.73 Å². The lowest BCUT2D eigenvalue weighted by atomic mass is 10.2. The summed E-state index contributed by atoms with van der Waals surface area (Å²) in [6.45, 7) is 2.00. The topological polar surface area (TPSA) is 71.8 Å². The van der Waals surface area contributed by atoms with Crippen LogP contribution in [0, 0.1) is 0 Å². The van der Waals surface area contributed by atoms with Crippen LogP contribution in [0.5, 0.6) is 0 Å². The second kappa shape index (κ2) is 6.81. The van der Waals surface area contributed by atoms with Crippen molar-refractivity contribution in [1.29, 1.82) is 0 Å². The summed E-state index contributed by atoms with van der Waals surface area (Å²) >= 11 is 7.40. The van der Waals surface area contributed by atoms with Gasteiger partial charge in [0.2, 0.25) is 0 Å². The molecule has 0 saturated heterocycles. The van der Waals surface area contributed by atoms with Crippen molar-refractivity contribution in [1.82, 2.24) is 9.97 Å². The van der Waals surface area contributed by atoms with E-state index in [2.05, 4.69) is 9.97 Å². The van der Waals surface area contributed by atoms with Crippen LogP contribution in [0.4, 0.5) is 5.82 Å². The Hall–Kier alpha value is -1.46. The van der Waals surface area contributed by atoms with Crippen LogP contribution in [-0.2, 0) is 12.2 Å². The lowest BCUT2D eigenvalue weighted by Crippen LogP contribution is -2.19. The Labute approximate surface area is 126 Å². The van der Waals surface area contributed by atoms with Gasteiger partial charge in [-0.3, -0.25) is 4.79 Å². The minimum absolute atomic E-state index is 0.133. The Morgan fingerprint density at radius 3 is 2.65 bits per heavy atom. The van der Waals surface area contributed by atoms with E-state index >= 15 is 0 Å². The monoisotopic (exact) mass is 309 g/mol. The van der Waals surface area contributed by atoms with Gasteiger partial charge in [0.1, 0.15) is 11.6 Å². The highest BCUT2D eigenvalue weighted by Gasteiger charge is 2.08. The molecule has 0 aliphatic heterocycles. The van der Waals surface area contributed by atoms with Gasteiger partial charge in [0, 0.05) is 9.92 Å². The summed E-state index contributed by atoms with van der Waals surface area (Å²) in [4.78, 5) is 20.0. The average molecular weight is 310 g/mol. The van der Waals surface area contributed by atoms with Crippen LogP contribution >= 0.6 is 23.4 Å². The van der Waals surface area contributed by atoms with Crippen molar-refractivity contribution in [3.63, 3.8) is 0 Å². The first-order chi connectivity index (χ1) is 9.60. The van der Waals surface area contributed by atoms with Gasteiger partial charge in [0.25, 0.3) is 5.56 Å². The van der Waals surface area contributed by atoms with Gasteiger partial charge in [-0.05, 0) is 30.7 Å². The van der Waals surface area contributed by atoms with E-state index in [-0.39, 0.29) is 5.56 Å². The SMILES string of the molecule is CCCc1c(N)nc(CSc2ccc(Cl)cc2)[nH]c1=O. The summed E-state index contributed by atoms with van der Waals surface area (Å²) in [5.41, 5.74) is 6.28. The maximum Gasteiger partial charge on any atom is 0.256 e. The molecule has 6 heteroatoms. The fraction of sp³-hybridized carbons (Fsp3) is 0.286. The first-order valence-electron chi connectivity index (χ1n) is 6.36. The predicted octanol–water partition coefficient (Wildman–Crippen LogP) is 3.25. The molecule has 0 unspecified atom stereocenters. The van der Waals surface area contributed by atoms with Crippen molar-refractivity contribution in [2.45, 2.75) is 30.4 Å². The molecule has 0 saturated carbocycles. The van der Waals surface area contributed by atoms with Gasteiger partial charge in [-0.1, -0.05) is 24.9 Å². The molecular weight excluding hydrogens is 294 g/mol. The molecule has 0 fully saturated rings. The van der Waals surface area contributed by atoms with E-state index in [1.807, 2.05) is 31.2 Å². The number of nitrogens with two attached hydrogens (primary N) is 1. The molecular formula is C14H16ClN3OS. The number of hydrogen-bond acceptors (Lipinski definition) is 4. The van der Waals surface area contributed by atoms with E-state index in [9.17, 15) is 4.79 Å². The smallest absolute Gasteiger partial charge is 0.256 e. The summed E-state index contributed by atoms with van der Waals surface area (Å²) < 4.78 is 0. The van der Waals surface area contributed by atoms with Crippen LogP contribution < -0.4 is 11.3 Å². The molecule has 4 nitrogen and oxygen atoms in total. The number of rotatable bonds is 5. The zero-order valence-electron chi connectivity index (χ0n) is 11.1. The highest BCUT2D eigenvalue weighted by Crippen LogP contribution is 2.23. The average Bonchev–Trinajstić information content (AvgIpc) is 2.42. The second-order valence-electron chi connectivity index (χ2n) is 4.37. The minimum Gasteiger partial charge on any atom is -0.383 e. The molecule has 0 spiro atoms. The fourth-order valence-electron chi connectivity index (χ4n) is 1.81. The van der Waals surface area contributed by atoms with Crippen LogP contribution in [-0.4, -0.2) is 9.97 Å². The fourth-order valence-corrected chi connectivity index (χ4v) is 2.70. The van der Waals surface area contributed by atoms with E-state index < -0.39 is 0 Å². The maximum absolute atomic E-state index is 11.9. The second-order valence-corrected chi connectivity index (χ2v) is 5.85. The Kier molecular flexibility index (Phi) is 5.09. The minimum atomic E-state index is -0.133. The molecule has 1 aromatic heterocycles. The molecule has 1 heterocycles. The number of thioether (sulfide) groups is 1. The van der Waals surface area contributed by atoms with Gasteiger partial charge in [0.15, 0.2) is 0 Å². The molecule has 20 heavy (non-hydrogen) atoms. The van der Waals surface area contributed by atoms with Crippen LogP contribution in [0.1, 0.15) is 24.7 Å². The largest absolute Gasteiger partial charge is 0.383 e. The number of anilines is 1. The van der Waals surface area contributed by atoms with Gasteiger partial charge in [-0.15, -0.1) is 11.8 Å². The molecule has 0 amide bonds. The first-order valence-corrected chi connectivity index (χ1v) is 7.72. The number of aromatic amines is 1. The van der Waals surface area contributed by atoms with Crippen molar-refractivity contribution >= 4 is 29.2 Å². The number of nitrogens with one attached hydrogen (secondary N) is 1. The normalized spacial score (nSPS) is 10.7. The summed E-state index contributed by atoms with van der Waals surface area (Å²) in [6, 6.07) is 7.53. The van der Waals surface area contributed by atoms with Gasteiger partial charge < -0.3 is 10.7 Å². The van der Waals surface area contributed by atoms with E-state index in [1.54, 1.807) is 11.8 Å². The molecule has 0 bridgehead atoms. The van der Waals surface area contributed by atoms with Crippen molar-refractivity contribution in [3.8, 4) is 0 Å². The number of nitrogen functional groups attached to an aromatic ring is 1. The number of benzene rings is 1. The molecule has 0 aliphatic rings. The molecule has 3 N–H and O–H groups in total. The molecule has 1 aromatic carbocycles. The third-order valence-corrected chi connectivity index (χ3v) is 4.06. The quantitative estimate of drug-likeness (QED) is 0.832. The number of hydrogen-bond donors (Lipinski definition) is 2. The first kappa shape index (κ1) is 14.9. The summed E-state index contributed by atoms with van der Waals surface area (Å²) in [5, 5.41) is 0.703. The molecule has 0 atom stereocenters. The lowest BCUT2D eigenvalue weighted by molar-refractivity contribution is 0.874. The molecule has 2 aromatic rings. The Bertz CT molecular complexity index is 640. The van der Waals surface area contributed by atoms with Crippen LogP contribution in [0.15, 0.2) is 34.0 Å². The van der Waals surface area contributed by atoms with E-state index in [0.29, 0.717) is 34.4 Å². The lowest BCUT2D eigenvalue weighted by Gasteiger charge is -2.06. The van der Waals surface area contributed by atoms with Gasteiger partial charge in [-0.25, -0.2) is 4.98 Å². The van der Waals surface area contributed by atoms with Gasteiger partial charge in [0.05, 0.1) is 11.3 Å². The maximum atomic E-state index is 11.9. The molecule has 106 valence electrons. The van der Waals surface area contributed by atoms with Crippen LogP contribution in [0.3, 0.4) is 0 Å². The number of aromatic nitrogens is 2. The summed E-state index contributed by atoms with van der Waals surface area (Å²) in [6.07, 6.45) is 1.52. The Balaban J connectivity index is 2.10. The zero-order valence-corrected chi connectivity index (χ0v) is 12.7. The van der Waals surface area contributed by atoms with Crippen LogP contribution in [0.25, 0.3) is 0 Å². The molecule has 0 aliphatic carbocycles. The van der Waals surface area contributed by atoms with Gasteiger partial charge in [-0.2, -0.15) is 0 Å². The third-order valence-electron chi connectivity index (χ3n) is 2.79. The van der Waals surface area contributed by atoms with Crippen molar-refractivity contribution in [3.05, 3.63) is 51.0 Å². The highest BCUT2D eigenvalue weighted by molar-refractivity contribution is 7.98. The third kappa shape index (κ3) is 3.77. The van der Waals surface area contributed by atoms with E-state index in [4.69, 9.17) is 17.3 Å². The highest BCUT2D eigenvalue weighted by atomic mass is 35.5. The summed E-state index contributed by atoms with van der Waals surface area (Å²) in [7, 11) is 0. The number of nitrogens with zero attached hydrogens (tertiary/aromatic N) is 1. The zero-order chi connectivity index (χ0) is 14.5. The number of halogens is 1. The van der Waals surface area contributed by atoms with Crippen molar-refractivity contribution in [2.24, 2.45) is 0 Å². The molecule has 0 radical (unpaired) electrons. The number of H-pyrrole nitrogens is 1. The van der Waals surface area contributed by atoms with Crippen LogP contribution in [0.2, 0.25) is 5.02 Å². The van der Waals surface area contributed by atoms with Crippen molar-refractivity contribution < 1.29 is 0 Å². The van der Waals surface area contributed by atoms with E-state index in [0.717, 1.165) is 11.3 Å². The van der Waals surface area contributed by atoms with Gasteiger partial charge >= 0.3 is 0 Å². The molecule has 2 rings (SSSR count). The summed E-state index contributed by atoms with van der Waals surface area (Å²) in [5.74, 6) is 1.49. The Morgan fingerprint density at radius 1 is 1.35 bits per heavy atom. The predicted molar refractivity (Wildman–Crippen MR) is 84.3 cm³/mol.